The maximum absolute atomic E-state index is 5.97. The molecule has 108 valence electrons. The van der Waals surface area contributed by atoms with Gasteiger partial charge in [-0.1, -0.05) is 44.4 Å². The summed E-state index contributed by atoms with van der Waals surface area (Å²) in [7, 11) is 0. The lowest BCUT2D eigenvalue weighted by atomic mass is 9.88. The van der Waals surface area contributed by atoms with Crippen LogP contribution in [-0.2, 0) is 6.42 Å². The third kappa shape index (κ3) is 5.36. The minimum Gasteiger partial charge on any atom is -0.330 e. The van der Waals surface area contributed by atoms with Crippen LogP contribution in [0.1, 0.15) is 55.4 Å². The number of nitrogens with two attached hydrogens (primary N) is 1. The summed E-state index contributed by atoms with van der Waals surface area (Å²) in [5.41, 5.74) is 11.7. The summed E-state index contributed by atoms with van der Waals surface area (Å²) in [5.74, 6) is 1.44. The van der Waals surface area contributed by atoms with E-state index in [4.69, 9.17) is 5.73 Å². The van der Waals surface area contributed by atoms with Gasteiger partial charge in [0.25, 0.3) is 0 Å². The molecule has 0 saturated carbocycles. The second kappa shape index (κ2) is 7.69. The highest BCUT2D eigenvalue weighted by atomic mass is 14.5. The van der Waals surface area contributed by atoms with Crippen LogP contribution in [0.5, 0.6) is 0 Å². The van der Waals surface area contributed by atoms with Gasteiger partial charge in [0.2, 0.25) is 0 Å². The van der Waals surface area contributed by atoms with Crippen LogP contribution >= 0.6 is 0 Å². The maximum atomic E-state index is 5.97. The molecule has 1 atom stereocenters. The van der Waals surface area contributed by atoms with Gasteiger partial charge in [0.05, 0.1) is 0 Å². The van der Waals surface area contributed by atoms with E-state index in [2.05, 4.69) is 46.8 Å². The molecule has 1 aromatic rings. The van der Waals surface area contributed by atoms with Gasteiger partial charge < -0.3 is 5.73 Å². The summed E-state index contributed by atoms with van der Waals surface area (Å²) in [4.78, 5) is 0. The second-order valence-corrected chi connectivity index (χ2v) is 6.51. The summed E-state index contributed by atoms with van der Waals surface area (Å²) >= 11 is 0. The lowest BCUT2D eigenvalue weighted by Crippen LogP contribution is -2.18. The van der Waals surface area contributed by atoms with Crippen LogP contribution < -0.4 is 5.73 Å². The lowest BCUT2D eigenvalue weighted by Gasteiger charge is -2.19. The molecule has 0 aromatic heterocycles. The zero-order valence-electron chi connectivity index (χ0n) is 13.4. The van der Waals surface area contributed by atoms with E-state index in [-0.39, 0.29) is 0 Å². The van der Waals surface area contributed by atoms with E-state index in [1.807, 2.05) is 0 Å². The Balaban J connectivity index is 2.65. The monoisotopic (exact) mass is 261 g/mol. The highest BCUT2D eigenvalue weighted by Gasteiger charge is 2.12. The topological polar surface area (TPSA) is 26.0 Å². The Morgan fingerprint density at radius 2 is 1.58 bits per heavy atom. The Labute approximate surface area is 119 Å². The first-order chi connectivity index (χ1) is 8.93. The largest absolute Gasteiger partial charge is 0.330 e. The molecule has 19 heavy (non-hydrogen) atoms. The summed E-state index contributed by atoms with van der Waals surface area (Å²) in [6.45, 7) is 12.0. The van der Waals surface area contributed by atoms with E-state index in [1.165, 1.54) is 41.5 Å². The van der Waals surface area contributed by atoms with Gasteiger partial charge in [-0.25, -0.2) is 0 Å². The first kappa shape index (κ1) is 16.2. The first-order valence-electron chi connectivity index (χ1n) is 7.70. The van der Waals surface area contributed by atoms with E-state index in [1.54, 1.807) is 0 Å². The standard InChI is InChI=1S/C18H31N/c1-13(2)7-6-8-17(12-19)11-18-15(4)9-14(3)10-16(18)5/h9-10,13,17H,6-8,11-12,19H2,1-5H3. The highest BCUT2D eigenvalue weighted by Crippen LogP contribution is 2.22. The van der Waals surface area contributed by atoms with Gasteiger partial charge in [-0.05, 0) is 68.7 Å². The number of aryl methyl sites for hydroxylation is 3. The molecular weight excluding hydrogens is 230 g/mol. The van der Waals surface area contributed by atoms with Gasteiger partial charge in [0.15, 0.2) is 0 Å². The van der Waals surface area contributed by atoms with E-state index < -0.39 is 0 Å². The van der Waals surface area contributed by atoms with Crippen LogP contribution in [0.4, 0.5) is 0 Å². The molecule has 0 heterocycles. The third-order valence-electron chi connectivity index (χ3n) is 4.06. The zero-order valence-corrected chi connectivity index (χ0v) is 13.4. The van der Waals surface area contributed by atoms with Crippen LogP contribution in [0, 0.1) is 32.6 Å². The van der Waals surface area contributed by atoms with Crippen molar-refractivity contribution in [1.29, 1.82) is 0 Å². The molecule has 0 saturated heterocycles. The number of benzene rings is 1. The van der Waals surface area contributed by atoms with Crippen molar-refractivity contribution in [1.82, 2.24) is 0 Å². The summed E-state index contributed by atoms with van der Waals surface area (Å²) in [6.07, 6.45) is 5.04. The Morgan fingerprint density at radius 1 is 1.00 bits per heavy atom. The van der Waals surface area contributed by atoms with Crippen molar-refractivity contribution in [3.05, 3.63) is 34.4 Å². The van der Waals surface area contributed by atoms with Gasteiger partial charge in [-0.3, -0.25) is 0 Å². The molecule has 0 fully saturated rings. The molecule has 0 radical (unpaired) electrons. The van der Waals surface area contributed by atoms with E-state index >= 15 is 0 Å². The van der Waals surface area contributed by atoms with Gasteiger partial charge >= 0.3 is 0 Å². The number of hydrogen-bond donors (Lipinski definition) is 1. The quantitative estimate of drug-likeness (QED) is 0.765. The van der Waals surface area contributed by atoms with Crippen molar-refractivity contribution < 1.29 is 0 Å². The fourth-order valence-corrected chi connectivity index (χ4v) is 2.94. The van der Waals surface area contributed by atoms with Crippen LogP contribution in [0.3, 0.4) is 0 Å². The zero-order chi connectivity index (χ0) is 14.4. The smallest absolute Gasteiger partial charge is 0.00457 e. The van der Waals surface area contributed by atoms with Crippen molar-refractivity contribution >= 4 is 0 Å². The van der Waals surface area contributed by atoms with Gasteiger partial charge in [0, 0.05) is 0 Å². The third-order valence-corrected chi connectivity index (χ3v) is 4.06. The molecule has 0 aliphatic carbocycles. The average molecular weight is 261 g/mol. The van der Waals surface area contributed by atoms with Gasteiger partial charge in [-0.15, -0.1) is 0 Å². The summed E-state index contributed by atoms with van der Waals surface area (Å²) in [5, 5.41) is 0. The highest BCUT2D eigenvalue weighted by molar-refractivity contribution is 5.37. The molecule has 0 amide bonds. The van der Waals surface area contributed by atoms with E-state index in [9.17, 15) is 0 Å². The molecule has 1 nitrogen and oxygen atoms in total. The molecule has 0 spiro atoms. The Bertz CT molecular complexity index is 370. The van der Waals surface area contributed by atoms with E-state index in [0.29, 0.717) is 5.92 Å². The lowest BCUT2D eigenvalue weighted by molar-refractivity contribution is 0.435. The van der Waals surface area contributed by atoms with Crippen molar-refractivity contribution in [3.8, 4) is 0 Å². The molecule has 1 unspecified atom stereocenters. The minimum absolute atomic E-state index is 0.638. The molecule has 1 rings (SSSR count). The predicted octanol–water partition coefficient (Wildman–Crippen LogP) is 4.56. The van der Waals surface area contributed by atoms with Crippen LogP contribution in [0.2, 0.25) is 0 Å². The fraction of sp³-hybridized carbons (Fsp3) is 0.667. The van der Waals surface area contributed by atoms with Gasteiger partial charge in [0.1, 0.15) is 0 Å². The van der Waals surface area contributed by atoms with Gasteiger partial charge in [-0.2, -0.15) is 0 Å². The van der Waals surface area contributed by atoms with Crippen molar-refractivity contribution in [2.45, 2.75) is 60.3 Å². The maximum Gasteiger partial charge on any atom is -0.00457 e. The van der Waals surface area contributed by atoms with Crippen molar-refractivity contribution in [3.63, 3.8) is 0 Å². The Morgan fingerprint density at radius 3 is 2.05 bits per heavy atom. The number of rotatable bonds is 7. The normalized spacial score (nSPS) is 13.0. The molecule has 0 bridgehead atoms. The SMILES string of the molecule is Cc1cc(C)c(CC(CN)CCCC(C)C)c(C)c1. The predicted molar refractivity (Wildman–Crippen MR) is 85.6 cm³/mol. The molecule has 0 aliphatic rings. The summed E-state index contributed by atoms with van der Waals surface area (Å²) in [6, 6.07) is 4.59. The number of hydrogen-bond acceptors (Lipinski definition) is 1. The van der Waals surface area contributed by atoms with Crippen molar-refractivity contribution in [2.75, 3.05) is 6.54 Å². The van der Waals surface area contributed by atoms with Crippen LogP contribution in [-0.4, -0.2) is 6.54 Å². The average Bonchev–Trinajstić information content (AvgIpc) is 2.30. The first-order valence-corrected chi connectivity index (χ1v) is 7.70. The molecule has 1 aromatic carbocycles. The molecular formula is C18H31N. The second-order valence-electron chi connectivity index (χ2n) is 6.51. The van der Waals surface area contributed by atoms with Crippen LogP contribution in [0.25, 0.3) is 0 Å². The Hall–Kier alpha value is -0.820. The fourth-order valence-electron chi connectivity index (χ4n) is 2.94. The molecule has 1 heteroatoms. The minimum atomic E-state index is 0.638. The molecule has 0 aliphatic heterocycles. The Kier molecular flexibility index (Phi) is 6.57. The summed E-state index contributed by atoms with van der Waals surface area (Å²) < 4.78 is 0. The molecule has 2 N–H and O–H groups in total. The van der Waals surface area contributed by atoms with Crippen LogP contribution in [0.15, 0.2) is 12.1 Å². The van der Waals surface area contributed by atoms with Crippen molar-refractivity contribution in [2.24, 2.45) is 17.6 Å². The van der Waals surface area contributed by atoms with E-state index in [0.717, 1.165) is 18.9 Å².